The minimum atomic E-state index is -0.620. The minimum absolute atomic E-state index is 0.0427. The number of carbonyl (C=O) groups excluding carboxylic acids is 1. The van der Waals surface area contributed by atoms with Crippen molar-refractivity contribution in [2.45, 2.75) is 6.92 Å². The van der Waals surface area contributed by atoms with Crippen LogP contribution >= 0.6 is 11.3 Å². The van der Waals surface area contributed by atoms with E-state index in [1.807, 2.05) is 29.6 Å². The number of nitrogens with zero attached hydrogens (tertiary/aromatic N) is 3. The molecule has 2 aromatic rings. The Bertz CT molecular complexity index is 684. The maximum atomic E-state index is 11.6. The molecule has 0 atom stereocenters. The second kappa shape index (κ2) is 6.04. The fraction of sp³-hybridized carbons (Fsp3) is 0.154. The van der Waals surface area contributed by atoms with Crippen LogP contribution in [0.4, 0.5) is 0 Å². The molecule has 0 fully saturated rings. The van der Waals surface area contributed by atoms with Crippen molar-refractivity contribution < 1.29 is 9.53 Å². The van der Waals surface area contributed by atoms with Gasteiger partial charge in [-0.3, -0.25) is 0 Å². The first-order chi connectivity index (χ1) is 9.24. The van der Waals surface area contributed by atoms with Crippen molar-refractivity contribution in [3.05, 3.63) is 51.3 Å². The molecule has 96 valence electrons. The van der Waals surface area contributed by atoms with E-state index in [2.05, 4.69) is 10.0 Å². The monoisotopic (exact) mass is 273 g/mol. The van der Waals surface area contributed by atoms with Crippen LogP contribution < -0.4 is 0 Å². The predicted octanol–water partition coefficient (Wildman–Crippen LogP) is 4.12. The normalized spacial score (nSPS) is 11.1. The van der Waals surface area contributed by atoms with Crippen LogP contribution in [0.25, 0.3) is 26.6 Å². The van der Waals surface area contributed by atoms with Gasteiger partial charge in [0, 0.05) is 9.61 Å². The molecule has 0 aliphatic rings. The molecule has 1 aromatic carbocycles. The first kappa shape index (κ1) is 13.1. The highest BCUT2D eigenvalue weighted by Gasteiger charge is 2.08. The number of ether oxygens (including phenoxy) is 1. The Kier molecular flexibility index (Phi) is 4.18. The molecular formula is C13H11N3O2S. The summed E-state index contributed by atoms with van der Waals surface area (Å²) in [5, 5.41) is 6.46. The van der Waals surface area contributed by atoms with Crippen molar-refractivity contribution in [3.63, 3.8) is 0 Å². The Balaban J connectivity index is 2.39. The average Bonchev–Trinajstić information content (AvgIpc) is 2.86. The molecule has 2 rings (SSSR count). The molecule has 0 aliphatic heterocycles. The Morgan fingerprint density at radius 1 is 1.53 bits per heavy atom. The van der Waals surface area contributed by atoms with Gasteiger partial charge in [0.1, 0.15) is 5.70 Å². The van der Waals surface area contributed by atoms with E-state index in [-0.39, 0.29) is 12.3 Å². The van der Waals surface area contributed by atoms with E-state index in [0.29, 0.717) is 0 Å². The molecule has 1 heterocycles. The lowest BCUT2D eigenvalue weighted by molar-refractivity contribution is -0.138. The van der Waals surface area contributed by atoms with Gasteiger partial charge in [-0.05, 0) is 53.1 Å². The molecule has 0 unspecified atom stereocenters. The first-order valence-corrected chi connectivity index (χ1v) is 6.53. The second-order valence-electron chi connectivity index (χ2n) is 3.66. The molecule has 0 amide bonds. The number of rotatable bonds is 4. The predicted molar refractivity (Wildman–Crippen MR) is 75.6 cm³/mol. The lowest BCUT2D eigenvalue weighted by atomic mass is 10.1. The highest BCUT2D eigenvalue weighted by molar-refractivity contribution is 7.17. The van der Waals surface area contributed by atoms with Gasteiger partial charge >= 0.3 is 5.97 Å². The van der Waals surface area contributed by atoms with Gasteiger partial charge in [0.15, 0.2) is 0 Å². The Labute approximate surface area is 113 Å². The lowest BCUT2D eigenvalue weighted by Crippen LogP contribution is -2.05. The first-order valence-electron chi connectivity index (χ1n) is 5.65. The average molecular weight is 273 g/mol. The number of hydrogen-bond acceptors (Lipinski definition) is 4. The molecule has 1 aromatic heterocycles. The molecule has 0 radical (unpaired) electrons. The summed E-state index contributed by atoms with van der Waals surface area (Å²) >= 11 is 1.65. The molecule has 5 nitrogen and oxygen atoms in total. The molecule has 0 saturated carbocycles. The van der Waals surface area contributed by atoms with Crippen LogP contribution in [0, 0.1) is 0 Å². The van der Waals surface area contributed by atoms with Gasteiger partial charge in [-0.2, -0.15) is 0 Å². The second-order valence-corrected chi connectivity index (χ2v) is 4.61. The van der Waals surface area contributed by atoms with E-state index in [0.717, 1.165) is 10.9 Å². The van der Waals surface area contributed by atoms with Gasteiger partial charge in [-0.1, -0.05) is 11.2 Å². The zero-order valence-corrected chi connectivity index (χ0v) is 11.1. The maximum absolute atomic E-state index is 11.6. The van der Waals surface area contributed by atoms with Crippen LogP contribution in [0.3, 0.4) is 0 Å². The van der Waals surface area contributed by atoms with Crippen LogP contribution in [0.1, 0.15) is 12.5 Å². The Morgan fingerprint density at radius 2 is 2.37 bits per heavy atom. The van der Waals surface area contributed by atoms with E-state index in [9.17, 15) is 4.79 Å². The summed E-state index contributed by atoms with van der Waals surface area (Å²) in [6.07, 6.45) is 1.52. The molecule has 19 heavy (non-hydrogen) atoms. The summed E-state index contributed by atoms with van der Waals surface area (Å²) in [6, 6.07) is 7.75. The van der Waals surface area contributed by atoms with Crippen LogP contribution in [-0.4, -0.2) is 12.6 Å². The molecule has 0 N–H and O–H groups in total. The third-order valence-electron chi connectivity index (χ3n) is 2.42. The van der Waals surface area contributed by atoms with Crippen LogP contribution in [0.15, 0.2) is 40.5 Å². The van der Waals surface area contributed by atoms with Crippen molar-refractivity contribution in [3.8, 4) is 0 Å². The van der Waals surface area contributed by atoms with Crippen LogP contribution in [-0.2, 0) is 9.53 Å². The van der Waals surface area contributed by atoms with Crippen molar-refractivity contribution in [2.75, 3.05) is 6.61 Å². The summed E-state index contributed by atoms with van der Waals surface area (Å²) in [6.45, 7) is 1.93. The van der Waals surface area contributed by atoms with Gasteiger partial charge < -0.3 is 4.74 Å². The largest absolute Gasteiger partial charge is 0.462 e. The van der Waals surface area contributed by atoms with E-state index < -0.39 is 5.97 Å². The fourth-order valence-electron chi connectivity index (χ4n) is 1.61. The standard InChI is InChI=1S/C13H11N3O2S/c1-2-18-13(17)11(15-16-14)8-9-3-4-12-10(7-9)5-6-19-12/h3-8H,2H2,1H3/b11-8-. The number of azide groups is 1. The molecular weight excluding hydrogens is 262 g/mol. The summed E-state index contributed by atoms with van der Waals surface area (Å²) < 4.78 is 6.00. The maximum Gasteiger partial charge on any atom is 0.340 e. The molecule has 0 aliphatic carbocycles. The minimum Gasteiger partial charge on any atom is -0.462 e. The summed E-state index contributed by atoms with van der Waals surface area (Å²) in [4.78, 5) is 14.2. The third-order valence-corrected chi connectivity index (χ3v) is 3.31. The van der Waals surface area contributed by atoms with E-state index in [1.54, 1.807) is 18.3 Å². The molecule has 6 heteroatoms. The van der Waals surface area contributed by atoms with E-state index >= 15 is 0 Å². The van der Waals surface area contributed by atoms with Crippen LogP contribution in [0.5, 0.6) is 0 Å². The highest BCUT2D eigenvalue weighted by Crippen LogP contribution is 2.23. The number of fused-ring (bicyclic) bond motifs is 1. The Morgan fingerprint density at radius 3 is 3.11 bits per heavy atom. The number of thiophene rings is 1. The van der Waals surface area contributed by atoms with Crippen molar-refractivity contribution >= 4 is 33.5 Å². The molecule has 0 spiro atoms. The number of carbonyl (C=O) groups is 1. The lowest BCUT2D eigenvalue weighted by Gasteiger charge is -2.01. The Hall–Kier alpha value is -2.30. The van der Waals surface area contributed by atoms with Crippen molar-refractivity contribution in [1.29, 1.82) is 0 Å². The van der Waals surface area contributed by atoms with E-state index in [4.69, 9.17) is 10.3 Å². The summed E-state index contributed by atoms with van der Waals surface area (Å²) in [7, 11) is 0. The summed E-state index contributed by atoms with van der Waals surface area (Å²) in [5.41, 5.74) is 9.23. The quantitative estimate of drug-likeness (QED) is 0.276. The topological polar surface area (TPSA) is 75.1 Å². The van der Waals surface area contributed by atoms with Gasteiger partial charge in [-0.15, -0.1) is 11.3 Å². The highest BCUT2D eigenvalue weighted by atomic mass is 32.1. The third kappa shape index (κ3) is 3.13. The molecule has 0 bridgehead atoms. The number of esters is 1. The molecule has 0 saturated heterocycles. The van der Waals surface area contributed by atoms with Gasteiger partial charge in [0.05, 0.1) is 6.61 Å². The zero-order valence-electron chi connectivity index (χ0n) is 10.2. The fourth-order valence-corrected chi connectivity index (χ4v) is 2.39. The van der Waals surface area contributed by atoms with Crippen LogP contribution in [0.2, 0.25) is 0 Å². The van der Waals surface area contributed by atoms with E-state index in [1.165, 1.54) is 10.8 Å². The zero-order chi connectivity index (χ0) is 13.7. The SMILES string of the molecule is CCOC(=O)/C(=C/c1ccc2sccc2c1)N=[N+]=[N-]. The van der Waals surface area contributed by atoms with Gasteiger partial charge in [0.2, 0.25) is 0 Å². The van der Waals surface area contributed by atoms with Gasteiger partial charge in [-0.25, -0.2) is 4.79 Å². The summed E-state index contributed by atoms with van der Waals surface area (Å²) in [5.74, 6) is -0.620. The van der Waals surface area contributed by atoms with Crippen molar-refractivity contribution in [1.82, 2.24) is 0 Å². The van der Waals surface area contributed by atoms with Gasteiger partial charge in [0.25, 0.3) is 0 Å². The van der Waals surface area contributed by atoms with Crippen molar-refractivity contribution in [2.24, 2.45) is 5.11 Å². The number of benzene rings is 1. The number of hydrogen-bond donors (Lipinski definition) is 0. The smallest absolute Gasteiger partial charge is 0.340 e.